The standard InChI is InChI=1S/C13H12Cl2N2O/c1-18-8-5-6-12(11(16)7-8)17-13-9(14)3-2-4-10(13)15/h2-7,17H,16H2,1H3. The Morgan fingerprint density at radius 1 is 1.11 bits per heavy atom. The summed E-state index contributed by atoms with van der Waals surface area (Å²) in [5.74, 6) is 0.698. The molecule has 5 heteroatoms. The number of anilines is 3. The third-order valence-corrected chi connectivity index (χ3v) is 3.11. The average molecular weight is 283 g/mol. The van der Waals surface area contributed by atoms with Crippen molar-refractivity contribution in [2.45, 2.75) is 0 Å². The summed E-state index contributed by atoms with van der Waals surface area (Å²) in [5.41, 5.74) is 7.84. The SMILES string of the molecule is COc1ccc(Nc2c(Cl)cccc2Cl)c(N)c1. The Bertz CT molecular complexity index is 553. The predicted molar refractivity (Wildman–Crippen MR) is 77.2 cm³/mol. The number of nitrogen functional groups attached to an aromatic ring is 1. The maximum atomic E-state index is 6.08. The van der Waals surface area contributed by atoms with Crippen molar-refractivity contribution < 1.29 is 4.74 Å². The van der Waals surface area contributed by atoms with E-state index in [0.29, 0.717) is 27.2 Å². The summed E-state index contributed by atoms with van der Waals surface area (Å²) in [4.78, 5) is 0. The summed E-state index contributed by atoms with van der Waals surface area (Å²) >= 11 is 12.2. The Labute approximate surface area is 115 Å². The molecule has 0 saturated heterocycles. The van der Waals surface area contributed by atoms with E-state index in [-0.39, 0.29) is 0 Å². The molecule has 94 valence electrons. The highest BCUT2D eigenvalue weighted by atomic mass is 35.5. The van der Waals surface area contributed by atoms with Gasteiger partial charge in [0.05, 0.1) is 34.2 Å². The zero-order valence-corrected chi connectivity index (χ0v) is 11.2. The van der Waals surface area contributed by atoms with Crippen LogP contribution in [0.25, 0.3) is 0 Å². The van der Waals surface area contributed by atoms with Crippen molar-refractivity contribution in [3.8, 4) is 5.75 Å². The molecule has 0 unspecified atom stereocenters. The Morgan fingerprint density at radius 2 is 1.78 bits per heavy atom. The topological polar surface area (TPSA) is 47.3 Å². The van der Waals surface area contributed by atoms with Gasteiger partial charge in [0, 0.05) is 6.07 Å². The fourth-order valence-corrected chi connectivity index (χ4v) is 2.03. The highest BCUT2D eigenvalue weighted by Crippen LogP contribution is 2.35. The molecule has 0 atom stereocenters. The van der Waals surface area contributed by atoms with Crippen molar-refractivity contribution >= 4 is 40.3 Å². The van der Waals surface area contributed by atoms with Crippen LogP contribution in [0.15, 0.2) is 36.4 Å². The molecule has 18 heavy (non-hydrogen) atoms. The fourth-order valence-electron chi connectivity index (χ4n) is 1.53. The molecule has 2 aromatic carbocycles. The molecule has 3 N–H and O–H groups in total. The predicted octanol–water partition coefficient (Wildman–Crippen LogP) is 4.33. The van der Waals surface area contributed by atoms with Gasteiger partial charge in [-0.2, -0.15) is 0 Å². The molecule has 3 nitrogen and oxygen atoms in total. The lowest BCUT2D eigenvalue weighted by atomic mass is 10.2. The van der Waals surface area contributed by atoms with Gasteiger partial charge in [-0.1, -0.05) is 29.3 Å². The largest absolute Gasteiger partial charge is 0.497 e. The number of nitrogens with one attached hydrogen (secondary N) is 1. The molecule has 0 heterocycles. The first-order chi connectivity index (χ1) is 8.61. The van der Waals surface area contributed by atoms with Crippen LogP contribution in [0.4, 0.5) is 17.1 Å². The van der Waals surface area contributed by atoms with Gasteiger partial charge in [0.15, 0.2) is 0 Å². The summed E-state index contributed by atoms with van der Waals surface area (Å²) < 4.78 is 5.09. The van der Waals surface area contributed by atoms with E-state index in [2.05, 4.69) is 5.32 Å². The van der Waals surface area contributed by atoms with Crippen molar-refractivity contribution in [3.63, 3.8) is 0 Å². The molecule has 0 amide bonds. The fraction of sp³-hybridized carbons (Fsp3) is 0.0769. The second kappa shape index (κ2) is 5.38. The summed E-state index contributed by atoms with van der Waals surface area (Å²) in [6.07, 6.45) is 0. The maximum Gasteiger partial charge on any atom is 0.121 e. The summed E-state index contributed by atoms with van der Waals surface area (Å²) in [5, 5.41) is 4.19. The normalized spacial score (nSPS) is 10.2. The molecular formula is C13H12Cl2N2O. The number of para-hydroxylation sites is 1. The van der Waals surface area contributed by atoms with E-state index < -0.39 is 0 Å². The van der Waals surface area contributed by atoms with Gasteiger partial charge < -0.3 is 15.8 Å². The third-order valence-electron chi connectivity index (χ3n) is 2.48. The van der Waals surface area contributed by atoms with E-state index in [1.165, 1.54) is 0 Å². The number of hydrogen-bond acceptors (Lipinski definition) is 3. The summed E-state index contributed by atoms with van der Waals surface area (Å²) in [6, 6.07) is 10.7. The van der Waals surface area contributed by atoms with E-state index in [9.17, 15) is 0 Å². The van der Waals surface area contributed by atoms with E-state index in [1.54, 1.807) is 31.4 Å². The zero-order valence-electron chi connectivity index (χ0n) is 9.71. The van der Waals surface area contributed by atoms with Gasteiger partial charge in [0.1, 0.15) is 5.75 Å². The number of rotatable bonds is 3. The lowest BCUT2D eigenvalue weighted by Gasteiger charge is -2.13. The van der Waals surface area contributed by atoms with Crippen LogP contribution in [0, 0.1) is 0 Å². The van der Waals surface area contributed by atoms with E-state index in [4.69, 9.17) is 33.7 Å². The van der Waals surface area contributed by atoms with Crippen LogP contribution < -0.4 is 15.8 Å². The number of methoxy groups -OCH3 is 1. The Kier molecular flexibility index (Phi) is 3.84. The Balaban J connectivity index is 2.34. The second-order valence-electron chi connectivity index (χ2n) is 3.67. The minimum absolute atomic E-state index is 0.540. The van der Waals surface area contributed by atoms with Crippen LogP contribution in [0.2, 0.25) is 10.0 Å². The molecule has 0 aromatic heterocycles. The van der Waals surface area contributed by atoms with Crippen molar-refractivity contribution in [2.24, 2.45) is 0 Å². The quantitative estimate of drug-likeness (QED) is 0.824. The van der Waals surface area contributed by atoms with Crippen molar-refractivity contribution in [1.82, 2.24) is 0 Å². The van der Waals surface area contributed by atoms with Crippen LogP contribution in [-0.2, 0) is 0 Å². The van der Waals surface area contributed by atoms with Crippen LogP contribution in [-0.4, -0.2) is 7.11 Å². The first-order valence-corrected chi connectivity index (χ1v) is 6.02. The van der Waals surface area contributed by atoms with Crippen molar-refractivity contribution in [3.05, 3.63) is 46.4 Å². The van der Waals surface area contributed by atoms with Gasteiger partial charge >= 0.3 is 0 Å². The first kappa shape index (κ1) is 12.9. The van der Waals surface area contributed by atoms with Crippen LogP contribution in [0.1, 0.15) is 0 Å². The molecule has 0 fully saturated rings. The third kappa shape index (κ3) is 2.63. The monoisotopic (exact) mass is 282 g/mol. The van der Waals surface area contributed by atoms with Gasteiger partial charge in [-0.05, 0) is 24.3 Å². The molecule has 0 aliphatic rings. The Hall–Kier alpha value is -1.58. The molecule has 0 aliphatic carbocycles. The number of halogens is 2. The zero-order chi connectivity index (χ0) is 13.1. The number of benzene rings is 2. The maximum absolute atomic E-state index is 6.08. The van der Waals surface area contributed by atoms with Gasteiger partial charge in [0.2, 0.25) is 0 Å². The first-order valence-electron chi connectivity index (χ1n) is 5.26. The van der Waals surface area contributed by atoms with Crippen LogP contribution in [0.3, 0.4) is 0 Å². The van der Waals surface area contributed by atoms with Gasteiger partial charge in [-0.15, -0.1) is 0 Å². The number of hydrogen-bond donors (Lipinski definition) is 2. The smallest absolute Gasteiger partial charge is 0.121 e. The van der Waals surface area contributed by atoms with E-state index >= 15 is 0 Å². The molecular weight excluding hydrogens is 271 g/mol. The van der Waals surface area contributed by atoms with Crippen LogP contribution in [0.5, 0.6) is 5.75 Å². The molecule has 2 aromatic rings. The van der Waals surface area contributed by atoms with Crippen LogP contribution >= 0.6 is 23.2 Å². The lowest BCUT2D eigenvalue weighted by Crippen LogP contribution is -1.98. The molecule has 0 saturated carbocycles. The Morgan fingerprint density at radius 3 is 2.33 bits per heavy atom. The average Bonchev–Trinajstić information content (AvgIpc) is 2.35. The van der Waals surface area contributed by atoms with Gasteiger partial charge in [-0.3, -0.25) is 0 Å². The molecule has 0 bridgehead atoms. The minimum Gasteiger partial charge on any atom is -0.497 e. The number of nitrogens with two attached hydrogens (primary N) is 1. The molecule has 0 aliphatic heterocycles. The lowest BCUT2D eigenvalue weighted by molar-refractivity contribution is 0.415. The van der Waals surface area contributed by atoms with Gasteiger partial charge in [0.25, 0.3) is 0 Å². The molecule has 0 spiro atoms. The number of ether oxygens (including phenoxy) is 1. The summed E-state index contributed by atoms with van der Waals surface area (Å²) in [6.45, 7) is 0. The van der Waals surface area contributed by atoms with E-state index in [1.807, 2.05) is 12.1 Å². The van der Waals surface area contributed by atoms with Crippen molar-refractivity contribution in [2.75, 3.05) is 18.2 Å². The molecule has 2 rings (SSSR count). The van der Waals surface area contributed by atoms with Crippen molar-refractivity contribution in [1.29, 1.82) is 0 Å². The summed E-state index contributed by atoms with van der Waals surface area (Å²) in [7, 11) is 1.59. The molecule has 0 radical (unpaired) electrons. The second-order valence-corrected chi connectivity index (χ2v) is 4.49. The highest BCUT2D eigenvalue weighted by Gasteiger charge is 2.08. The minimum atomic E-state index is 0.540. The van der Waals surface area contributed by atoms with Gasteiger partial charge in [-0.25, -0.2) is 0 Å². The highest BCUT2D eigenvalue weighted by molar-refractivity contribution is 6.39. The van der Waals surface area contributed by atoms with E-state index in [0.717, 1.165) is 5.69 Å².